The van der Waals surface area contributed by atoms with Crippen LogP contribution in [0.5, 0.6) is 0 Å². The van der Waals surface area contributed by atoms with Crippen molar-refractivity contribution in [2.75, 3.05) is 12.8 Å². The van der Waals surface area contributed by atoms with Crippen molar-refractivity contribution in [2.24, 2.45) is 10.9 Å². The van der Waals surface area contributed by atoms with Crippen molar-refractivity contribution >= 4 is 23.5 Å². The molecule has 1 atom stereocenters. The lowest BCUT2D eigenvalue weighted by Crippen LogP contribution is -2.42. The van der Waals surface area contributed by atoms with Gasteiger partial charge < -0.3 is 16.3 Å². The van der Waals surface area contributed by atoms with Crippen LogP contribution in [0, 0.1) is 0 Å². The standard InChI is InChI=1S/C14H21N3O2S/c1-14(2,20-3)9-16-13(18)11(12(15)17-19)10-7-5-4-6-8-10/h4-8,11,19H,9H2,1-3H3,(H2,15,17)(H,16,18). The zero-order valence-electron chi connectivity index (χ0n) is 12.0. The normalized spacial score (nSPS) is 13.8. The fraction of sp³-hybridized carbons (Fsp3) is 0.429. The van der Waals surface area contributed by atoms with Crippen molar-refractivity contribution in [3.05, 3.63) is 35.9 Å². The molecule has 1 unspecified atom stereocenters. The van der Waals surface area contributed by atoms with E-state index in [9.17, 15) is 4.79 Å². The van der Waals surface area contributed by atoms with E-state index in [1.807, 2.05) is 38.3 Å². The van der Waals surface area contributed by atoms with Gasteiger partial charge in [-0.15, -0.1) is 0 Å². The molecule has 110 valence electrons. The molecule has 0 aliphatic carbocycles. The predicted octanol–water partition coefficient (Wildman–Crippen LogP) is 1.77. The summed E-state index contributed by atoms with van der Waals surface area (Å²) in [6, 6.07) is 9.03. The van der Waals surface area contributed by atoms with Crippen LogP contribution in [0.25, 0.3) is 0 Å². The predicted molar refractivity (Wildman–Crippen MR) is 83.2 cm³/mol. The van der Waals surface area contributed by atoms with Crippen LogP contribution in [0.3, 0.4) is 0 Å². The largest absolute Gasteiger partial charge is 0.409 e. The third-order valence-corrected chi connectivity index (χ3v) is 4.30. The Morgan fingerprint density at radius 2 is 2.05 bits per heavy atom. The number of nitrogens with one attached hydrogen (secondary N) is 1. The number of benzene rings is 1. The molecule has 5 nitrogen and oxygen atoms in total. The number of rotatable bonds is 6. The van der Waals surface area contributed by atoms with Crippen molar-refractivity contribution in [1.82, 2.24) is 5.32 Å². The van der Waals surface area contributed by atoms with E-state index in [1.54, 1.807) is 23.9 Å². The van der Waals surface area contributed by atoms with E-state index in [0.717, 1.165) is 0 Å². The van der Waals surface area contributed by atoms with Gasteiger partial charge in [-0.3, -0.25) is 4.79 Å². The molecule has 0 heterocycles. The minimum Gasteiger partial charge on any atom is -0.409 e. The molecule has 0 fully saturated rings. The average molecular weight is 295 g/mol. The molecule has 0 spiro atoms. The number of amides is 1. The van der Waals surface area contributed by atoms with Gasteiger partial charge in [-0.05, 0) is 25.7 Å². The summed E-state index contributed by atoms with van der Waals surface area (Å²) in [5.41, 5.74) is 6.35. The van der Waals surface area contributed by atoms with Crippen LogP contribution in [0.2, 0.25) is 0 Å². The molecule has 1 amide bonds. The highest BCUT2D eigenvalue weighted by Crippen LogP contribution is 2.21. The molecule has 0 aliphatic rings. The third kappa shape index (κ3) is 4.45. The number of hydrogen-bond acceptors (Lipinski definition) is 4. The summed E-state index contributed by atoms with van der Waals surface area (Å²) in [6.45, 7) is 4.59. The summed E-state index contributed by atoms with van der Waals surface area (Å²) >= 11 is 1.67. The fourth-order valence-electron chi connectivity index (χ4n) is 1.63. The van der Waals surface area contributed by atoms with Crippen LogP contribution in [0.15, 0.2) is 35.5 Å². The lowest BCUT2D eigenvalue weighted by atomic mass is 9.97. The van der Waals surface area contributed by atoms with E-state index in [2.05, 4.69) is 10.5 Å². The van der Waals surface area contributed by atoms with Crippen molar-refractivity contribution in [1.29, 1.82) is 0 Å². The highest BCUT2D eigenvalue weighted by Gasteiger charge is 2.27. The van der Waals surface area contributed by atoms with Gasteiger partial charge in [0.2, 0.25) is 5.91 Å². The maximum Gasteiger partial charge on any atom is 0.235 e. The zero-order chi connectivity index (χ0) is 15.2. The smallest absolute Gasteiger partial charge is 0.235 e. The second kappa shape index (κ2) is 7.19. The first-order chi connectivity index (χ1) is 9.41. The lowest BCUT2D eigenvalue weighted by molar-refractivity contribution is -0.121. The van der Waals surface area contributed by atoms with Gasteiger partial charge in [0.05, 0.1) is 0 Å². The molecule has 0 bridgehead atoms. The Bertz CT molecular complexity index is 475. The van der Waals surface area contributed by atoms with Gasteiger partial charge in [0, 0.05) is 11.3 Å². The Labute approximate surface area is 123 Å². The molecule has 4 N–H and O–H groups in total. The number of oxime groups is 1. The molecule has 0 aliphatic heterocycles. The van der Waals surface area contributed by atoms with E-state index in [0.29, 0.717) is 12.1 Å². The molecule has 20 heavy (non-hydrogen) atoms. The summed E-state index contributed by atoms with van der Waals surface area (Å²) in [6.07, 6.45) is 1.99. The molecular formula is C14H21N3O2S. The van der Waals surface area contributed by atoms with E-state index >= 15 is 0 Å². The maximum absolute atomic E-state index is 12.3. The summed E-state index contributed by atoms with van der Waals surface area (Å²) in [5.74, 6) is -1.16. The first kappa shape index (κ1) is 16.4. The molecule has 1 aromatic carbocycles. The number of amidine groups is 1. The average Bonchev–Trinajstić information content (AvgIpc) is 2.46. The molecule has 1 aromatic rings. The van der Waals surface area contributed by atoms with Gasteiger partial charge in [0.15, 0.2) is 5.84 Å². The van der Waals surface area contributed by atoms with Gasteiger partial charge in [-0.25, -0.2) is 0 Å². The highest BCUT2D eigenvalue weighted by molar-refractivity contribution is 7.99. The number of carbonyl (C=O) groups excluding carboxylic acids is 1. The summed E-state index contributed by atoms with van der Waals surface area (Å²) < 4.78 is -0.0674. The Hall–Kier alpha value is -1.69. The quantitative estimate of drug-likeness (QED) is 0.323. The number of carbonyl (C=O) groups is 1. The number of hydrogen-bond donors (Lipinski definition) is 3. The minimum absolute atomic E-state index is 0.0674. The SMILES string of the molecule is CSC(C)(C)CNC(=O)C(/C(N)=N/O)c1ccccc1. The molecule has 0 saturated heterocycles. The van der Waals surface area contributed by atoms with Crippen LogP contribution in [0.4, 0.5) is 0 Å². The van der Waals surface area contributed by atoms with Crippen molar-refractivity contribution < 1.29 is 10.0 Å². The lowest BCUT2D eigenvalue weighted by Gasteiger charge is -2.24. The topological polar surface area (TPSA) is 87.7 Å². The second-order valence-corrected chi connectivity index (χ2v) is 6.56. The van der Waals surface area contributed by atoms with Crippen LogP contribution in [-0.4, -0.2) is 34.5 Å². The number of nitrogens with zero attached hydrogens (tertiary/aromatic N) is 1. The van der Waals surface area contributed by atoms with Crippen LogP contribution in [0.1, 0.15) is 25.3 Å². The Kier molecular flexibility index (Phi) is 5.88. The van der Waals surface area contributed by atoms with Gasteiger partial charge >= 0.3 is 0 Å². The van der Waals surface area contributed by atoms with Gasteiger partial charge in [-0.2, -0.15) is 11.8 Å². The summed E-state index contributed by atoms with van der Waals surface area (Å²) in [4.78, 5) is 12.3. The van der Waals surface area contributed by atoms with Gasteiger partial charge in [-0.1, -0.05) is 35.5 Å². The van der Waals surface area contributed by atoms with Gasteiger partial charge in [0.25, 0.3) is 0 Å². The van der Waals surface area contributed by atoms with Crippen molar-refractivity contribution in [3.63, 3.8) is 0 Å². The molecular weight excluding hydrogens is 274 g/mol. The van der Waals surface area contributed by atoms with Crippen LogP contribution < -0.4 is 11.1 Å². The molecule has 0 aromatic heterocycles. The monoisotopic (exact) mass is 295 g/mol. The fourth-order valence-corrected chi connectivity index (χ4v) is 1.85. The Morgan fingerprint density at radius 3 is 2.55 bits per heavy atom. The highest BCUT2D eigenvalue weighted by atomic mass is 32.2. The first-order valence-electron chi connectivity index (χ1n) is 6.26. The minimum atomic E-state index is -0.779. The van der Waals surface area contributed by atoms with E-state index in [1.165, 1.54) is 0 Å². The third-order valence-electron chi connectivity index (χ3n) is 3.05. The van der Waals surface area contributed by atoms with E-state index < -0.39 is 5.92 Å². The van der Waals surface area contributed by atoms with E-state index in [-0.39, 0.29) is 16.5 Å². The molecule has 1 rings (SSSR count). The second-order valence-electron chi connectivity index (χ2n) is 5.05. The number of nitrogens with two attached hydrogens (primary N) is 1. The van der Waals surface area contributed by atoms with Crippen LogP contribution >= 0.6 is 11.8 Å². The van der Waals surface area contributed by atoms with Crippen molar-refractivity contribution in [2.45, 2.75) is 24.5 Å². The maximum atomic E-state index is 12.3. The molecule has 6 heteroatoms. The first-order valence-corrected chi connectivity index (χ1v) is 7.49. The zero-order valence-corrected chi connectivity index (χ0v) is 12.8. The van der Waals surface area contributed by atoms with Crippen molar-refractivity contribution in [3.8, 4) is 0 Å². The molecule has 0 saturated carbocycles. The van der Waals surface area contributed by atoms with E-state index in [4.69, 9.17) is 10.9 Å². The molecule has 0 radical (unpaired) electrons. The van der Waals surface area contributed by atoms with Crippen LogP contribution in [-0.2, 0) is 4.79 Å². The van der Waals surface area contributed by atoms with Gasteiger partial charge in [0.1, 0.15) is 5.92 Å². The Balaban J connectivity index is 2.88. The number of thioether (sulfide) groups is 1. The Morgan fingerprint density at radius 1 is 1.45 bits per heavy atom. The summed E-state index contributed by atoms with van der Waals surface area (Å²) in [5, 5.41) is 14.7. The summed E-state index contributed by atoms with van der Waals surface area (Å²) in [7, 11) is 0.